The molecular formula is C17H19N3O. The maximum absolute atomic E-state index is 6.15. The number of nitrogen functional groups attached to an aromatic ring is 1. The molecule has 108 valence electrons. The van der Waals surface area contributed by atoms with Gasteiger partial charge in [0.1, 0.15) is 17.2 Å². The van der Waals surface area contributed by atoms with Crippen molar-refractivity contribution < 1.29 is 4.42 Å². The number of anilines is 1. The normalized spacial score (nSPS) is 11.0. The fourth-order valence-corrected chi connectivity index (χ4v) is 2.55. The molecule has 0 atom stereocenters. The lowest BCUT2D eigenvalue weighted by molar-refractivity contribution is 0.505. The third-order valence-corrected chi connectivity index (χ3v) is 3.65. The van der Waals surface area contributed by atoms with Crippen molar-refractivity contribution in [2.45, 2.75) is 27.7 Å². The number of furan rings is 1. The number of aryl methyl sites for hydroxylation is 4. The summed E-state index contributed by atoms with van der Waals surface area (Å²) in [4.78, 5) is 0. The van der Waals surface area contributed by atoms with E-state index in [1.807, 2.05) is 30.8 Å². The summed E-state index contributed by atoms with van der Waals surface area (Å²) in [5.41, 5.74) is 11.9. The largest absolute Gasteiger partial charge is 0.466 e. The summed E-state index contributed by atoms with van der Waals surface area (Å²) in [6.45, 7) is 7.99. The molecule has 0 fully saturated rings. The average molecular weight is 281 g/mol. The van der Waals surface area contributed by atoms with Crippen LogP contribution in [0.3, 0.4) is 0 Å². The van der Waals surface area contributed by atoms with Gasteiger partial charge in [0.15, 0.2) is 0 Å². The summed E-state index contributed by atoms with van der Waals surface area (Å²) in [6.07, 6.45) is 1.86. The molecule has 0 saturated heterocycles. The second-order valence-electron chi connectivity index (χ2n) is 5.49. The lowest BCUT2D eigenvalue weighted by Crippen LogP contribution is -1.98. The highest BCUT2D eigenvalue weighted by molar-refractivity contribution is 5.74. The first-order chi connectivity index (χ1) is 9.95. The van der Waals surface area contributed by atoms with Gasteiger partial charge in [0.25, 0.3) is 0 Å². The van der Waals surface area contributed by atoms with Crippen LogP contribution >= 0.6 is 0 Å². The summed E-state index contributed by atoms with van der Waals surface area (Å²) < 4.78 is 7.42. The molecule has 3 aromatic rings. The highest BCUT2D eigenvalue weighted by Crippen LogP contribution is 2.31. The molecule has 0 unspecified atom stereocenters. The van der Waals surface area contributed by atoms with Crippen molar-refractivity contribution in [2.24, 2.45) is 0 Å². The third-order valence-electron chi connectivity index (χ3n) is 3.65. The van der Waals surface area contributed by atoms with E-state index in [1.54, 1.807) is 0 Å². The van der Waals surface area contributed by atoms with Crippen LogP contribution in [-0.4, -0.2) is 9.78 Å². The minimum absolute atomic E-state index is 0.653. The summed E-state index contributed by atoms with van der Waals surface area (Å²) >= 11 is 0. The molecule has 0 saturated carbocycles. The number of aromatic nitrogens is 2. The van der Waals surface area contributed by atoms with Crippen LogP contribution in [0.2, 0.25) is 0 Å². The van der Waals surface area contributed by atoms with Gasteiger partial charge in [-0.2, -0.15) is 5.10 Å². The van der Waals surface area contributed by atoms with Crippen LogP contribution in [0.25, 0.3) is 16.9 Å². The molecule has 2 aromatic heterocycles. The molecule has 0 radical (unpaired) electrons. The number of hydrogen-bond acceptors (Lipinski definition) is 3. The van der Waals surface area contributed by atoms with E-state index in [-0.39, 0.29) is 0 Å². The van der Waals surface area contributed by atoms with Gasteiger partial charge in [-0.25, -0.2) is 4.68 Å². The molecule has 3 rings (SSSR count). The van der Waals surface area contributed by atoms with Crippen LogP contribution in [-0.2, 0) is 0 Å². The van der Waals surface area contributed by atoms with Gasteiger partial charge >= 0.3 is 0 Å². The number of nitrogens with zero attached hydrogens (tertiary/aromatic N) is 2. The molecule has 2 N–H and O–H groups in total. The van der Waals surface area contributed by atoms with Crippen molar-refractivity contribution in [3.8, 4) is 16.9 Å². The van der Waals surface area contributed by atoms with Crippen molar-refractivity contribution in [2.75, 3.05) is 5.73 Å². The van der Waals surface area contributed by atoms with Gasteiger partial charge in [0.2, 0.25) is 0 Å². The van der Waals surface area contributed by atoms with Gasteiger partial charge in [0, 0.05) is 5.56 Å². The highest BCUT2D eigenvalue weighted by Gasteiger charge is 2.15. The van der Waals surface area contributed by atoms with E-state index >= 15 is 0 Å². The Kier molecular flexibility index (Phi) is 3.09. The van der Waals surface area contributed by atoms with Crippen molar-refractivity contribution in [3.63, 3.8) is 0 Å². The number of nitrogens with two attached hydrogens (primary N) is 1. The minimum Gasteiger partial charge on any atom is -0.466 e. The minimum atomic E-state index is 0.653. The molecule has 0 amide bonds. The van der Waals surface area contributed by atoms with E-state index in [2.05, 4.69) is 37.1 Å². The first-order valence-electron chi connectivity index (χ1n) is 6.96. The Hall–Kier alpha value is -2.49. The topological polar surface area (TPSA) is 57.0 Å². The molecule has 0 bridgehead atoms. The predicted octanol–water partition coefficient (Wildman–Crippen LogP) is 3.95. The molecule has 0 spiro atoms. The third kappa shape index (κ3) is 2.33. The fraction of sp³-hybridized carbons (Fsp3) is 0.235. The zero-order chi connectivity index (χ0) is 15.1. The van der Waals surface area contributed by atoms with Gasteiger partial charge in [-0.05, 0) is 51.0 Å². The van der Waals surface area contributed by atoms with E-state index < -0.39 is 0 Å². The predicted molar refractivity (Wildman–Crippen MR) is 84.6 cm³/mol. The summed E-state index contributed by atoms with van der Waals surface area (Å²) in [6, 6.07) is 8.27. The maximum Gasteiger partial charge on any atom is 0.119 e. The van der Waals surface area contributed by atoms with Crippen LogP contribution in [0, 0.1) is 27.7 Å². The lowest BCUT2D eigenvalue weighted by atomic mass is 10.1. The van der Waals surface area contributed by atoms with Crippen molar-refractivity contribution in [1.29, 1.82) is 0 Å². The second kappa shape index (κ2) is 4.81. The molecular weight excluding hydrogens is 262 g/mol. The zero-order valence-corrected chi connectivity index (χ0v) is 12.8. The highest BCUT2D eigenvalue weighted by atomic mass is 16.3. The molecule has 21 heavy (non-hydrogen) atoms. The molecule has 4 heteroatoms. The molecule has 0 aliphatic rings. The monoisotopic (exact) mass is 281 g/mol. The van der Waals surface area contributed by atoms with E-state index in [4.69, 9.17) is 10.2 Å². The van der Waals surface area contributed by atoms with Crippen molar-refractivity contribution >= 4 is 5.69 Å². The van der Waals surface area contributed by atoms with Crippen LogP contribution in [0.4, 0.5) is 5.69 Å². The first-order valence-corrected chi connectivity index (χ1v) is 6.96. The molecule has 4 nitrogen and oxygen atoms in total. The smallest absolute Gasteiger partial charge is 0.119 e. The molecule has 0 aliphatic carbocycles. The summed E-state index contributed by atoms with van der Waals surface area (Å²) in [5, 5.41) is 4.66. The zero-order valence-electron chi connectivity index (χ0n) is 12.8. The van der Waals surface area contributed by atoms with Gasteiger partial charge in [0.05, 0.1) is 17.6 Å². The van der Waals surface area contributed by atoms with Crippen LogP contribution in [0.5, 0.6) is 0 Å². The van der Waals surface area contributed by atoms with Crippen molar-refractivity contribution in [3.05, 3.63) is 53.1 Å². The number of hydrogen-bond donors (Lipinski definition) is 1. The number of rotatable bonds is 2. The second-order valence-corrected chi connectivity index (χ2v) is 5.49. The van der Waals surface area contributed by atoms with Gasteiger partial charge in [-0.15, -0.1) is 0 Å². The Labute approximate surface area is 124 Å². The van der Waals surface area contributed by atoms with Crippen LogP contribution < -0.4 is 5.73 Å². The van der Waals surface area contributed by atoms with E-state index in [0.717, 1.165) is 34.0 Å². The Morgan fingerprint density at radius 2 is 1.86 bits per heavy atom. The fourth-order valence-electron chi connectivity index (χ4n) is 2.55. The Balaban J connectivity index is 2.14. The molecule has 1 aromatic carbocycles. The van der Waals surface area contributed by atoms with Gasteiger partial charge in [-0.1, -0.05) is 12.1 Å². The number of benzene rings is 1. The van der Waals surface area contributed by atoms with E-state index in [9.17, 15) is 0 Å². The van der Waals surface area contributed by atoms with Crippen LogP contribution in [0.1, 0.15) is 22.6 Å². The maximum atomic E-state index is 6.15. The van der Waals surface area contributed by atoms with Gasteiger partial charge in [-0.3, -0.25) is 0 Å². The van der Waals surface area contributed by atoms with Crippen molar-refractivity contribution in [1.82, 2.24) is 9.78 Å². The SMILES string of the molecule is Cc1ccc(C)c(-n2cc(N)c(-c3cc(C)oc3C)n2)c1. The average Bonchev–Trinajstić information content (AvgIpc) is 2.95. The lowest BCUT2D eigenvalue weighted by Gasteiger charge is -2.06. The standard InChI is InChI=1S/C17H19N3O/c1-10-5-6-11(2)16(7-10)20-9-15(18)17(19-20)14-8-12(3)21-13(14)4/h5-9H,18H2,1-4H3. The Morgan fingerprint density at radius 3 is 2.52 bits per heavy atom. The first kappa shape index (κ1) is 13.5. The van der Waals surface area contributed by atoms with Gasteiger partial charge < -0.3 is 10.2 Å². The van der Waals surface area contributed by atoms with E-state index in [1.165, 1.54) is 5.56 Å². The quantitative estimate of drug-likeness (QED) is 0.773. The summed E-state index contributed by atoms with van der Waals surface area (Å²) in [7, 11) is 0. The Morgan fingerprint density at radius 1 is 1.10 bits per heavy atom. The van der Waals surface area contributed by atoms with Crippen LogP contribution in [0.15, 0.2) is 34.9 Å². The Bertz CT molecular complexity index is 812. The molecule has 2 heterocycles. The summed E-state index contributed by atoms with van der Waals surface area (Å²) in [5.74, 6) is 1.70. The molecule has 0 aliphatic heterocycles. The van der Waals surface area contributed by atoms with E-state index in [0.29, 0.717) is 5.69 Å².